The van der Waals surface area contributed by atoms with E-state index in [1.165, 1.54) is 6.07 Å². The zero-order chi connectivity index (χ0) is 13.2. The Morgan fingerprint density at radius 3 is 3.00 bits per heavy atom. The van der Waals surface area contributed by atoms with E-state index >= 15 is 0 Å². The molecule has 0 bridgehead atoms. The number of ether oxygens (including phenoxy) is 2. The van der Waals surface area contributed by atoms with Crippen molar-refractivity contribution in [1.29, 1.82) is 0 Å². The molecule has 0 atom stereocenters. The summed E-state index contributed by atoms with van der Waals surface area (Å²) in [5, 5.41) is 3.83. The van der Waals surface area contributed by atoms with Gasteiger partial charge in [0.2, 0.25) is 0 Å². The number of benzene rings is 1. The van der Waals surface area contributed by atoms with Gasteiger partial charge in [-0.25, -0.2) is 4.39 Å². The Morgan fingerprint density at radius 2 is 2.32 bits per heavy atom. The van der Waals surface area contributed by atoms with E-state index < -0.39 is 0 Å². The Morgan fingerprint density at radius 1 is 1.47 bits per heavy atom. The van der Waals surface area contributed by atoms with Crippen LogP contribution < -0.4 is 5.32 Å². The zero-order valence-electron chi connectivity index (χ0n) is 10.7. The van der Waals surface area contributed by atoms with Gasteiger partial charge in [-0.05, 0) is 19.2 Å². The summed E-state index contributed by atoms with van der Waals surface area (Å²) in [7, 11) is 1.89. The van der Waals surface area contributed by atoms with Gasteiger partial charge in [-0.1, -0.05) is 6.07 Å². The van der Waals surface area contributed by atoms with Crippen molar-refractivity contribution in [3.63, 3.8) is 0 Å². The summed E-state index contributed by atoms with van der Waals surface area (Å²) in [6.07, 6.45) is 0.157. The second kappa shape index (κ2) is 5.54. The first kappa shape index (κ1) is 13.0. The van der Waals surface area contributed by atoms with Crippen LogP contribution in [-0.2, 0) is 22.6 Å². The standard InChI is InChI=1S/C14H16FNO2S/c1-16-5-13-10(8-18-9-6-17-7-9)14-11(15)3-2-4-12(14)19-13/h2-4,9,16H,5-8H2,1H3. The third-order valence-electron chi connectivity index (χ3n) is 3.26. The molecule has 1 N–H and O–H groups in total. The van der Waals surface area contributed by atoms with Crippen molar-refractivity contribution in [2.75, 3.05) is 20.3 Å². The number of rotatable bonds is 5. The predicted molar refractivity (Wildman–Crippen MR) is 73.9 cm³/mol. The van der Waals surface area contributed by atoms with Crippen molar-refractivity contribution in [2.24, 2.45) is 0 Å². The van der Waals surface area contributed by atoms with Gasteiger partial charge in [0.1, 0.15) is 11.9 Å². The van der Waals surface area contributed by atoms with Gasteiger partial charge in [-0.3, -0.25) is 0 Å². The zero-order valence-corrected chi connectivity index (χ0v) is 11.6. The fraction of sp³-hybridized carbons (Fsp3) is 0.429. The highest BCUT2D eigenvalue weighted by Crippen LogP contribution is 2.34. The summed E-state index contributed by atoms with van der Waals surface area (Å²) in [6.45, 7) is 2.47. The van der Waals surface area contributed by atoms with Crippen molar-refractivity contribution in [3.8, 4) is 0 Å². The Kier molecular flexibility index (Phi) is 3.79. The molecule has 0 saturated carbocycles. The van der Waals surface area contributed by atoms with E-state index in [0.717, 1.165) is 21.7 Å². The Labute approximate surface area is 115 Å². The summed E-state index contributed by atoms with van der Waals surface area (Å²) in [4.78, 5) is 1.14. The van der Waals surface area contributed by atoms with Gasteiger partial charge >= 0.3 is 0 Å². The van der Waals surface area contributed by atoms with Gasteiger partial charge in [-0.2, -0.15) is 0 Å². The minimum absolute atomic E-state index is 0.157. The van der Waals surface area contributed by atoms with E-state index in [-0.39, 0.29) is 11.9 Å². The molecule has 0 radical (unpaired) electrons. The third-order valence-corrected chi connectivity index (χ3v) is 4.45. The predicted octanol–water partition coefficient (Wildman–Crippen LogP) is 2.68. The summed E-state index contributed by atoms with van der Waals surface area (Å²) in [5.41, 5.74) is 0.972. The molecule has 0 unspecified atom stereocenters. The second-order valence-electron chi connectivity index (χ2n) is 4.62. The van der Waals surface area contributed by atoms with Crippen LogP contribution in [0.1, 0.15) is 10.4 Å². The number of nitrogens with one attached hydrogen (secondary N) is 1. The van der Waals surface area contributed by atoms with Crippen molar-refractivity contribution in [2.45, 2.75) is 19.3 Å². The molecular formula is C14H16FNO2S. The minimum atomic E-state index is -0.167. The first-order valence-electron chi connectivity index (χ1n) is 6.32. The van der Waals surface area contributed by atoms with Gasteiger partial charge in [0.15, 0.2) is 0 Å². The van der Waals surface area contributed by atoms with E-state index in [0.29, 0.717) is 25.2 Å². The lowest BCUT2D eigenvalue weighted by molar-refractivity contribution is -0.135. The molecule has 1 aliphatic rings. The largest absolute Gasteiger partial charge is 0.376 e. The molecule has 102 valence electrons. The Balaban J connectivity index is 1.94. The highest BCUT2D eigenvalue weighted by atomic mass is 32.1. The van der Waals surface area contributed by atoms with Gasteiger partial charge in [0.25, 0.3) is 0 Å². The summed E-state index contributed by atoms with van der Waals surface area (Å²) >= 11 is 1.63. The van der Waals surface area contributed by atoms with Crippen LogP contribution in [0.3, 0.4) is 0 Å². The number of hydrogen-bond donors (Lipinski definition) is 1. The average Bonchev–Trinajstić information content (AvgIpc) is 2.67. The number of hydrogen-bond acceptors (Lipinski definition) is 4. The van der Waals surface area contributed by atoms with Crippen LogP contribution in [0.25, 0.3) is 10.1 Å². The highest BCUT2D eigenvalue weighted by molar-refractivity contribution is 7.19. The summed E-state index contributed by atoms with van der Waals surface area (Å²) in [5.74, 6) is -0.167. The van der Waals surface area contributed by atoms with Gasteiger partial charge < -0.3 is 14.8 Å². The number of halogens is 1. The molecule has 19 heavy (non-hydrogen) atoms. The summed E-state index contributed by atoms with van der Waals surface area (Å²) in [6, 6.07) is 5.22. The SMILES string of the molecule is CNCc1sc2cccc(F)c2c1COC1COC1. The van der Waals surface area contributed by atoms with Crippen molar-refractivity contribution in [3.05, 3.63) is 34.5 Å². The molecule has 3 nitrogen and oxygen atoms in total. The molecule has 0 aliphatic carbocycles. The molecule has 5 heteroatoms. The molecule has 0 amide bonds. The lowest BCUT2D eigenvalue weighted by atomic mass is 10.1. The fourth-order valence-electron chi connectivity index (χ4n) is 2.18. The quantitative estimate of drug-likeness (QED) is 0.914. The van der Waals surface area contributed by atoms with Crippen molar-refractivity contribution < 1.29 is 13.9 Å². The van der Waals surface area contributed by atoms with E-state index in [4.69, 9.17) is 9.47 Å². The van der Waals surface area contributed by atoms with Gasteiger partial charge in [-0.15, -0.1) is 11.3 Å². The Hall–Kier alpha value is -1.01. The van der Waals surface area contributed by atoms with E-state index in [1.807, 2.05) is 13.1 Å². The molecule has 3 rings (SSSR count). The second-order valence-corrected chi connectivity index (χ2v) is 5.75. The summed E-state index contributed by atoms with van der Waals surface area (Å²) < 4.78 is 25.9. The molecule has 1 aromatic heterocycles. The lowest BCUT2D eigenvalue weighted by Crippen LogP contribution is -2.35. The van der Waals surface area contributed by atoms with E-state index in [1.54, 1.807) is 17.4 Å². The number of thiophene rings is 1. The maximum Gasteiger partial charge on any atom is 0.132 e. The van der Waals surface area contributed by atoms with Gasteiger partial charge in [0, 0.05) is 27.1 Å². The van der Waals surface area contributed by atoms with Crippen molar-refractivity contribution >= 4 is 21.4 Å². The molecule has 2 heterocycles. The molecule has 0 spiro atoms. The van der Waals surface area contributed by atoms with E-state index in [9.17, 15) is 4.39 Å². The fourth-order valence-corrected chi connectivity index (χ4v) is 3.42. The van der Waals surface area contributed by atoms with Crippen LogP contribution in [0, 0.1) is 5.82 Å². The molecule has 2 aromatic rings. The molecule has 1 fully saturated rings. The first-order valence-corrected chi connectivity index (χ1v) is 7.14. The van der Waals surface area contributed by atoms with Crippen LogP contribution in [-0.4, -0.2) is 26.4 Å². The lowest BCUT2D eigenvalue weighted by Gasteiger charge is -2.26. The third kappa shape index (κ3) is 2.51. The average molecular weight is 281 g/mol. The van der Waals surface area contributed by atoms with E-state index in [2.05, 4.69) is 5.32 Å². The molecular weight excluding hydrogens is 265 g/mol. The normalized spacial score (nSPS) is 15.9. The maximum atomic E-state index is 14.0. The monoisotopic (exact) mass is 281 g/mol. The first-order chi connectivity index (χ1) is 9.29. The van der Waals surface area contributed by atoms with Crippen LogP contribution >= 0.6 is 11.3 Å². The topological polar surface area (TPSA) is 30.5 Å². The molecule has 1 aliphatic heterocycles. The smallest absolute Gasteiger partial charge is 0.132 e. The van der Waals surface area contributed by atoms with Gasteiger partial charge in [0.05, 0.1) is 19.8 Å². The highest BCUT2D eigenvalue weighted by Gasteiger charge is 2.21. The Bertz CT molecular complexity index is 580. The van der Waals surface area contributed by atoms with Crippen LogP contribution in [0.4, 0.5) is 4.39 Å². The molecule has 1 aromatic carbocycles. The maximum absolute atomic E-state index is 14.0. The molecule has 1 saturated heterocycles. The number of fused-ring (bicyclic) bond motifs is 1. The van der Waals surface area contributed by atoms with Crippen LogP contribution in [0.5, 0.6) is 0 Å². The van der Waals surface area contributed by atoms with Crippen LogP contribution in [0.2, 0.25) is 0 Å². The minimum Gasteiger partial charge on any atom is -0.376 e. The van der Waals surface area contributed by atoms with Crippen molar-refractivity contribution in [1.82, 2.24) is 5.32 Å². The van der Waals surface area contributed by atoms with Crippen LogP contribution in [0.15, 0.2) is 18.2 Å².